The van der Waals surface area contributed by atoms with Crippen LogP contribution in [0.25, 0.3) is 16.9 Å². The van der Waals surface area contributed by atoms with Crippen LogP contribution in [0.2, 0.25) is 0 Å². The molecule has 0 aliphatic heterocycles. The summed E-state index contributed by atoms with van der Waals surface area (Å²) in [6, 6.07) is 9.82. The van der Waals surface area contributed by atoms with Crippen molar-refractivity contribution in [2.45, 2.75) is 0 Å². The molecule has 5 nitrogen and oxygen atoms in total. The van der Waals surface area contributed by atoms with Crippen LogP contribution in [0.5, 0.6) is 0 Å². The zero-order valence-corrected chi connectivity index (χ0v) is 10.9. The van der Waals surface area contributed by atoms with Gasteiger partial charge in [0.15, 0.2) is 0 Å². The van der Waals surface area contributed by atoms with E-state index in [4.69, 9.17) is 11.0 Å². The normalized spacial score (nSPS) is 10.3. The van der Waals surface area contributed by atoms with E-state index in [9.17, 15) is 4.39 Å². The van der Waals surface area contributed by atoms with Gasteiger partial charge in [-0.2, -0.15) is 5.26 Å². The molecule has 6 heteroatoms. The molecular formula is C15H10FN5. The Morgan fingerprint density at radius 2 is 2.14 bits per heavy atom. The minimum Gasteiger partial charge on any atom is -0.384 e. The maximum absolute atomic E-state index is 13.8. The van der Waals surface area contributed by atoms with Crippen LogP contribution in [-0.4, -0.2) is 14.5 Å². The molecule has 0 saturated heterocycles. The summed E-state index contributed by atoms with van der Waals surface area (Å²) in [6.45, 7) is 0. The molecule has 0 aliphatic rings. The Labute approximate surface area is 120 Å². The summed E-state index contributed by atoms with van der Waals surface area (Å²) in [7, 11) is 0. The molecule has 0 atom stereocenters. The quantitative estimate of drug-likeness (QED) is 0.781. The van der Waals surface area contributed by atoms with E-state index in [1.807, 2.05) is 6.07 Å². The van der Waals surface area contributed by atoms with Crippen molar-refractivity contribution in [3.8, 4) is 23.0 Å². The van der Waals surface area contributed by atoms with Gasteiger partial charge in [0.2, 0.25) is 0 Å². The average molecular weight is 279 g/mol. The van der Waals surface area contributed by atoms with Gasteiger partial charge in [-0.1, -0.05) is 6.07 Å². The summed E-state index contributed by atoms with van der Waals surface area (Å²) in [5, 5.41) is 9.15. The highest BCUT2D eigenvalue weighted by atomic mass is 19.1. The number of aromatic nitrogens is 3. The predicted molar refractivity (Wildman–Crippen MR) is 75.9 cm³/mol. The van der Waals surface area contributed by atoms with Crippen molar-refractivity contribution in [2.24, 2.45) is 0 Å². The third kappa shape index (κ3) is 2.21. The fraction of sp³-hybridized carbons (Fsp3) is 0. The highest BCUT2D eigenvalue weighted by Gasteiger charge is 2.13. The number of benzene rings is 1. The van der Waals surface area contributed by atoms with Crippen LogP contribution in [0.15, 0.2) is 49.1 Å². The lowest BCUT2D eigenvalue weighted by Gasteiger charge is -2.10. The standard InChI is InChI=1S/C15H10FN5/c16-12-2-1-3-13(11(12)7-17)21-9-19-8-14(21)10-4-5-20-15(18)6-10/h1-6,8-9H,(H2,18,20). The molecular weight excluding hydrogens is 269 g/mol. The van der Waals surface area contributed by atoms with E-state index in [1.165, 1.54) is 12.4 Å². The van der Waals surface area contributed by atoms with Crippen molar-refractivity contribution < 1.29 is 4.39 Å². The molecule has 0 radical (unpaired) electrons. The van der Waals surface area contributed by atoms with Crippen molar-refractivity contribution >= 4 is 5.82 Å². The Hall–Kier alpha value is -3.20. The molecule has 0 unspecified atom stereocenters. The minimum atomic E-state index is -0.566. The molecule has 21 heavy (non-hydrogen) atoms. The molecule has 2 aromatic heterocycles. The van der Waals surface area contributed by atoms with Crippen LogP contribution >= 0.6 is 0 Å². The number of nitrogen functional groups attached to an aromatic ring is 1. The van der Waals surface area contributed by atoms with Gasteiger partial charge >= 0.3 is 0 Å². The van der Waals surface area contributed by atoms with E-state index in [2.05, 4.69) is 9.97 Å². The zero-order valence-electron chi connectivity index (χ0n) is 10.9. The van der Waals surface area contributed by atoms with Gasteiger partial charge in [-0.15, -0.1) is 0 Å². The lowest BCUT2D eigenvalue weighted by molar-refractivity contribution is 0.622. The van der Waals surface area contributed by atoms with E-state index in [0.717, 1.165) is 5.56 Å². The third-order valence-corrected chi connectivity index (χ3v) is 3.08. The molecule has 3 rings (SSSR count). The summed E-state index contributed by atoms with van der Waals surface area (Å²) in [5.74, 6) is -0.191. The highest BCUT2D eigenvalue weighted by molar-refractivity contribution is 5.65. The maximum Gasteiger partial charge on any atom is 0.143 e. The first-order valence-electron chi connectivity index (χ1n) is 6.14. The number of halogens is 1. The zero-order chi connectivity index (χ0) is 14.8. The van der Waals surface area contributed by atoms with Gasteiger partial charge in [0, 0.05) is 11.8 Å². The Morgan fingerprint density at radius 1 is 1.29 bits per heavy atom. The van der Waals surface area contributed by atoms with Crippen LogP contribution < -0.4 is 5.73 Å². The lowest BCUT2D eigenvalue weighted by Crippen LogP contribution is -2.01. The van der Waals surface area contributed by atoms with Crippen LogP contribution in [0.1, 0.15) is 5.56 Å². The van der Waals surface area contributed by atoms with Crippen LogP contribution in [0.4, 0.5) is 10.2 Å². The first-order chi connectivity index (χ1) is 10.2. The van der Waals surface area contributed by atoms with Gasteiger partial charge in [-0.3, -0.25) is 4.57 Å². The second-order valence-electron chi connectivity index (χ2n) is 4.36. The second kappa shape index (κ2) is 5.06. The fourth-order valence-corrected chi connectivity index (χ4v) is 2.13. The molecule has 0 spiro atoms. The Bertz CT molecular complexity index is 847. The number of nitrogens with two attached hydrogens (primary N) is 1. The van der Waals surface area contributed by atoms with Gasteiger partial charge < -0.3 is 5.73 Å². The first-order valence-corrected chi connectivity index (χ1v) is 6.14. The van der Waals surface area contributed by atoms with E-state index < -0.39 is 5.82 Å². The summed E-state index contributed by atoms with van der Waals surface area (Å²) >= 11 is 0. The Balaban J connectivity index is 2.21. The van der Waals surface area contributed by atoms with Crippen molar-refractivity contribution in [2.75, 3.05) is 5.73 Å². The van der Waals surface area contributed by atoms with Gasteiger partial charge in [-0.25, -0.2) is 14.4 Å². The number of pyridine rings is 1. The number of anilines is 1. The largest absolute Gasteiger partial charge is 0.384 e. The highest BCUT2D eigenvalue weighted by Crippen LogP contribution is 2.26. The number of imidazole rings is 1. The van der Waals surface area contributed by atoms with Gasteiger partial charge in [-0.05, 0) is 24.3 Å². The van der Waals surface area contributed by atoms with E-state index in [0.29, 0.717) is 17.2 Å². The number of nitrogens with zero attached hydrogens (tertiary/aromatic N) is 4. The molecule has 2 N–H and O–H groups in total. The van der Waals surface area contributed by atoms with Crippen molar-refractivity contribution in [3.63, 3.8) is 0 Å². The molecule has 1 aromatic carbocycles. The third-order valence-electron chi connectivity index (χ3n) is 3.08. The van der Waals surface area contributed by atoms with Crippen molar-refractivity contribution in [1.29, 1.82) is 5.26 Å². The summed E-state index contributed by atoms with van der Waals surface area (Å²) in [5.41, 5.74) is 7.57. The SMILES string of the molecule is N#Cc1c(F)cccc1-n1cncc1-c1ccnc(N)c1. The molecule has 102 valence electrons. The van der Waals surface area contributed by atoms with E-state index in [-0.39, 0.29) is 5.56 Å². The van der Waals surface area contributed by atoms with E-state index in [1.54, 1.807) is 41.2 Å². The number of rotatable bonds is 2. The van der Waals surface area contributed by atoms with Gasteiger partial charge in [0.1, 0.15) is 23.3 Å². The predicted octanol–water partition coefficient (Wildman–Crippen LogP) is 2.53. The monoisotopic (exact) mass is 279 g/mol. The topological polar surface area (TPSA) is 80.5 Å². The Morgan fingerprint density at radius 3 is 2.90 bits per heavy atom. The summed E-state index contributed by atoms with van der Waals surface area (Å²) < 4.78 is 15.4. The molecule has 2 heterocycles. The molecule has 0 bridgehead atoms. The first kappa shape index (κ1) is 12.8. The molecule has 0 saturated carbocycles. The smallest absolute Gasteiger partial charge is 0.143 e. The molecule has 0 fully saturated rings. The van der Waals surface area contributed by atoms with Gasteiger partial charge in [0.05, 0.1) is 23.9 Å². The molecule has 0 aliphatic carbocycles. The van der Waals surface area contributed by atoms with Crippen LogP contribution in [-0.2, 0) is 0 Å². The summed E-state index contributed by atoms with van der Waals surface area (Å²) in [6.07, 6.45) is 4.74. The minimum absolute atomic E-state index is 0.0289. The second-order valence-corrected chi connectivity index (χ2v) is 4.36. The fourth-order valence-electron chi connectivity index (χ4n) is 2.13. The van der Waals surface area contributed by atoms with Crippen molar-refractivity contribution in [3.05, 3.63) is 60.4 Å². The molecule has 3 aromatic rings. The van der Waals surface area contributed by atoms with Gasteiger partial charge in [0.25, 0.3) is 0 Å². The van der Waals surface area contributed by atoms with Crippen LogP contribution in [0.3, 0.4) is 0 Å². The van der Waals surface area contributed by atoms with Crippen molar-refractivity contribution in [1.82, 2.24) is 14.5 Å². The maximum atomic E-state index is 13.8. The number of hydrogen-bond donors (Lipinski definition) is 1. The summed E-state index contributed by atoms with van der Waals surface area (Å²) in [4.78, 5) is 8.02. The molecule has 0 amide bonds. The Kier molecular flexibility index (Phi) is 3.09. The number of nitriles is 1. The van der Waals surface area contributed by atoms with E-state index >= 15 is 0 Å². The number of hydrogen-bond acceptors (Lipinski definition) is 4. The van der Waals surface area contributed by atoms with Crippen LogP contribution in [0, 0.1) is 17.1 Å². The average Bonchev–Trinajstić information content (AvgIpc) is 2.96. The lowest BCUT2D eigenvalue weighted by atomic mass is 10.1.